The zero-order valence-corrected chi connectivity index (χ0v) is 10.2. The van der Waals surface area contributed by atoms with Crippen molar-refractivity contribution in [2.45, 2.75) is 32.8 Å². The fraction of sp³-hybridized carbons (Fsp3) is 0.727. The van der Waals surface area contributed by atoms with Crippen molar-refractivity contribution >= 4 is 17.6 Å². The zero-order chi connectivity index (χ0) is 12.1. The molecule has 2 unspecified atom stereocenters. The lowest BCUT2D eigenvalue weighted by atomic mass is 9.90. The van der Waals surface area contributed by atoms with Crippen LogP contribution in [0.3, 0.4) is 0 Å². The molecule has 2 atom stereocenters. The van der Waals surface area contributed by atoms with E-state index in [1.807, 2.05) is 13.8 Å². The predicted octanol–water partition coefficient (Wildman–Crippen LogP) is 2.28. The summed E-state index contributed by atoms with van der Waals surface area (Å²) < 4.78 is 0. The Morgan fingerprint density at radius 1 is 1.53 bits per heavy atom. The van der Waals surface area contributed by atoms with Gasteiger partial charge < -0.3 is 10.2 Å². The summed E-state index contributed by atoms with van der Waals surface area (Å²) in [4.78, 5) is 10.9. The Morgan fingerprint density at radius 3 is 2.40 bits per heavy atom. The van der Waals surface area contributed by atoms with Crippen LogP contribution in [0.15, 0.2) is 12.2 Å². The second-order valence-corrected chi connectivity index (χ2v) is 4.63. The Hall–Kier alpha value is -0.540. The molecule has 0 aromatic carbocycles. The molecule has 15 heavy (non-hydrogen) atoms. The minimum Gasteiger partial charge on any atom is -0.481 e. The third-order valence-corrected chi connectivity index (χ3v) is 2.68. The van der Waals surface area contributed by atoms with Gasteiger partial charge in [-0.2, -0.15) is 0 Å². The van der Waals surface area contributed by atoms with Crippen LogP contribution in [-0.2, 0) is 4.79 Å². The molecule has 0 saturated heterocycles. The minimum atomic E-state index is -1.40. The molecule has 0 heterocycles. The molecule has 0 spiro atoms. The Balaban J connectivity index is 4.55. The monoisotopic (exact) mass is 234 g/mol. The number of aliphatic carboxylic acids is 1. The first-order chi connectivity index (χ1) is 6.81. The van der Waals surface area contributed by atoms with Crippen molar-refractivity contribution in [2.75, 3.05) is 5.88 Å². The molecular weight excluding hydrogens is 216 g/mol. The smallest absolute Gasteiger partial charge is 0.313 e. The summed E-state index contributed by atoms with van der Waals surface area (Å²) >= 11 is 5.53. The van der Waals surface area contributed by atoms with E-state index in [1.165, 1.54) is 13.0 Å². The molecule has 0 rings (SSSR count). The Bertz CT molecular complexity index is 234. The van der Waals surface area contributed by atoms with Gasteiger partial charge in [0.05, 0.1) is 11.5 Å². The van der Waals surface area contributed by atoms with E-state index >= 15 is 0 Å². The predicted molar refractivity (Wildman–Crippen MR) is 61.1 cm³/mol. The van der Waals surface area contributed by atoms with E-state index in [0.717, 1.165) is 6.42 Å². The van der Waals surface area contributed by atoms with Gasteiger partial charge >= 0.3 is 5.97 Å². The van der Waals surface area contributed by atoms with Crippen LogP contribution in [0.4, 0.5) is 0 Å². The summed E-state index contributed by atoms with van der Waals surface area (Å²) in [5.41, 5.74) is -1.40. The van der Waals surface area contributed by atoms with E-state index in [4.69, 9.17) is 16.7 Å². The van der Waals surface area contributed by atoms with Crippen molar-refractivity contribution in [1.29, 1.82) is 0 Å². The number of alkyl halides is 1. The van der Waals surface area contributed by atoms with E-state index in [2.05, 4.69) is 0 Å². The molecule has 0 radical (unpaired) electrons. The maximum absolute atomic E-state index is 10.9. The van der Waals surface area contributed by atoms with Crippen LogP contribution in [0.2, 0.25) is 0 Å². The van der Waals surface area contributed by atoms with Gasteiger partial charge in [-0.15, -0.1) is 11.6 Å². The van der Waals surface area contributed by atoms with E-state index in [0.29, 0.717) is 5.92 Å². The number of carboxylic acids is 1. The fourth-order valence-corrected chi connectivity index (χ4v) is 1.29. The maximum Gasteiger partial charge on any atom is 0.313 e. The summed E-state index contributed by atoms with van der Waals surface area (Å²) in [6.45, 7) is 5.51. The van der Waals surface area contributed by atoms with Crippen LogP contribution in [-0.4, -0.2) is 27.7 Å². The summed E-state index contributed by atoms with van der Waals surface area (Å²) in [5, 5.41) is 18.7. The van der Waals surface area contributed by atoms with E-state index in [-0.39, 0.29) is 5.88 Å². The van der Waals surface area contributed by atoms with Gasteiger partial charge in [-0.05, 0) is 19.3 Å². The summed E-state index contributed by atoms with van der Waals surface area (Å²) in [6.07, 6.45) is 4.09. The zero-order valence-electron chi connectivity index (χ0n) is 9.40. The Labute approximate surface area is 95.8 Å². The molecule has 4 heteroatoms. The number of hydrogen-bond donors (Lipinski definition) is 2. The van der Waals surface area contributed by atoms with Gasteiger partial charge in [0, 0.05) is 0 Å². The lowest BCUT2D eigenvalue weighted by Gasteiger charge is -2.25. The number of hydrogen-bond acceptors (Lipinski definition) is 2. The molecule has 3 nitrogen and oxygen atoms in total. The van der Waals surface area contributed by atoms with Crippen LogP contribution in [0, 0.1) is 11.8 Å². The SMILES string of the molecule is CC(C)C/C=C/C(C(=O)O)C(C)(O)CCl. The topological polar surface area (TPSA) is 57.5 Å². The van der Waals surface area contributed by atoms with Gasteiger partial charge in [0.2, 0.25) is 0 Å². The second kappa shape index (κ2) is 6.13. The summed E-state index contributed by atoms with van der Waals surface area (Å²) in [5.74, 6) is -1.64. The van der Waals surface area contributed by atoms with E-state index in [1.54, 1.807) is 6.08 Å². The highest BCUT2D eigenvalue weighted by Gasteiger charge is 2.34. The van der Waals surface area contributed by atoms with Crippen molar-refractivity contribution in [3.05, 3.63) is 12.2 Å². The number of carbonyl (C=O) groups is 1. The number of carboxylic acid groups (broad SMARTS) is 1. The average Bonchev–Trinajstić information content (AvgIpc) is 2.11. The summed E-state index contributed by atoms with van der Waals surface area (Å²) in [7, 11) is 0. The van der Waals surface area contributed by atoms with Gasteiger partial charge in [-0.3, -0.25) is 4.79 Å². The van der Waals surface area contributed by atoms with Gasteiger partial charge in [-0.25, -0.2) is 0 Å². The van der Waals surface area contributed by atoms with Crippen molar-refractivity contribution in [2.24, 2.45) is 11.8 Å². The molecule has 0 fully saturated rings. The standard InChI is InChI=1S/C11H19ClO3/c1-8(2)5-4-6-9(10(13)14)11(3,15)7-12/h4,6,8-9,15H,5,7H2,1-3H3,(H,13,14)/b6-4+. The molecule has 0 amide bonds. The molecule has 0 aliphatic carbocycles. The highest BCUT2D eigenvalue weighted by atomic mass is 35.5. The van der Waals surface area contributed by atoms with Crippen molar-refractivity contribution in [3.63, 3.8) is 0 Å². The minimum absolute atomic E-state index is 0.101. The first kappa shape index (κ1) is 14.5. The van der Waals surface area contributed by atoms with Gasteiger partial charge in [0.1, 0.15) is 5.92 Å². The molecule has 88 valence electrons. The van der Waals surface area contributed by atoms with Crippen LogP contribution in [0.25, 0.3) is 0 Å². The quantitative estimate of drug-likeness (QED) is 0.548. The number of rotatable bonds is 6. The number of allylic oxidation sites excluding steroid dienone is 1. The maximum atomic E-state index is 10.9. The van der Waals surface area contributed by atoms with Crippen LogP contribution >= 0.6 is 11.6 Å². The lowest BCUT2D eigenvalue weighted by molar-refractivity contribution is -0.146. The highest BCUT2D eigenvalue weighted by molar-refractivity contribution is 6.18. The average molecular weight is 235 g/mol. The molecular formula is C11H19ClO3. The largest absolute Gasteiger partial charge is 0.481 e. The third kappa shape index (κ3) is 5.19. The molecule has 0 aromatic heterocycles. The Kier molecular flexibility index (Phi) is 5.91. The van der Waals surface area contributed by atoms with Gasteiger partial charge in [0.15, 0.2) is 0 Å². The second-order valence-electron chi connectivity index (χ2n) is 4.36. The molecule has 0 aliphatic rings. The van der Waals surface area contributed by atoms with E-state index in [9.17, 15) is 9.90 Å². The normalized spacial score (nSPS) is 18.0. The van der Waals surface area contributed by atoms with Gasteiger partial charge in [-0.1, -0.05) is 26.0 Å². The molecule has 2 N–H and O–H groups in total. The van der Waals surface area contributed by atoms with Crippen LogP contribution in [0.1, 0.15) is 27.2 Å². The molecule has 0 aliphatic heterocycles. The number of aliphatic hydroxyl groups is 1. The fourth-order valence-electron chi connectivity index (χ4n) is 1.13. The van der Waals surface area contributed by atoms with Crippen molar-refractivity contribution < 1.29 is 15.0 Å². The lowest BCUT2D eigenvalue weighted by Crippen LogP contribution is -2.40. The van der Waals surface area contributed by atoms with Crippen LogP contribution in [0.5, 0.6) is 0 Å². The van der Waals surface area contributed by atoms with Crippen molar-refractivity contribution in [1.82, 2.24) is 0 Å². The first-order valence-electron chi connectivity index (χ1n) is 4.99. The molecule has 0 aromatic rings. The highest BCUT2D eigenvalue weighted by Crippen LogP contribution is 2.21. The third-order valence-electron chi connectivity index (χ3n) is 2.14. The Morgan fingerprint density at radius 2 is 2.07 bits per heavy atom. The molecule has 0 bridgehead atoms. The molecule has 0 saturated carbocycles. The van der Waals surface area contributed by atoms with Gasteiger partial charge in [0.25, 0.3) is 0 Å². The van der Waals surface area contributed by atoms with Crippen molar-refractivity contribution in [3.8, 4) is 0 Å². The first-order valence-corrected chi connectivity index (χ1v) is 5.52. The summed E-state index contributed by atoms with van der Waals surface area (Å²) in [6, 6.07) is 0. The van der Waals surface area contributed by atoms with Crippen LogP contribution < -0.4 is 0 Å². The number of halogens is 1. The van der Waals surface area contributed by atoms with E-state index < -0.39 is 17.5 Å².